The molecule has 1 amide bonds. The molecule has 0 aliphatic rings. The number of furan rings is 1. The Kier molecular flexibility index (Phi) is 5.40. The van der Waals surface area contributed by atoms with Crippen LogP contribution in [0.2, 0.25) is 0 Å². The molecule has 0 atom stereocenters. The Bertz CT molecular complexity index is 1220. The Balaban J connectivity index is 1.36. The van der Waals surface area contributed by atoms with Crippen LogP contribution in [0.5, 0.6) is 0 Å². The van der Waals surface area contributed by atoms with Gasteiger partial charge in [0.1, 0.15) is 11.5 Å². The van der Waals surface area contributed by atoms with Crippen molar-refractivity contribution in [2.24, 2.45) is 7.05 Å². The summed E-state index contributed by atoms with van der Waals surface area (Å²) >= 11 is 3.41. The van der Waals surface area contributed by atoms with Crippen molar-refractivity contribution in [3.63, 3.8) is 0 Å². The lowest BCUT2D eigenvalue weighted by atomic mass is 10.2. The number of nitrogens with one attached hydrogen (secondary N) is 1. The topological polar surface area (TPSA) is 69.2 Å². The normalized spacial score (nSPS) is 11.1. The Morgan fingerprint density at radius 2 is 1.76 bits per heavy atom. The average Bonchev–Trinajstić information content (AvgIpc) is 3.30. The number of aromatic nitrogens is 2. The molecule has 6 nitrogen and oxygen atoms in total. The van der Waals surface area contributed by atoms with E-state index in [1.807, 2.05) is 60.7 Å². The molecular weight excluding hydrogens is 434 g/mol. The maximum absolute atomic E-state index is 12.4. The third-order valence-electron chi connectivity index (χ3n) is 4.86. The number of amides is 1. The van der Waals surface area contributed by atoms with Crippen molar-refractivity contribution >= 4 is 32.9 Å². The van der Waals surface area contributed by atoms with Gasteiger partial charge >= 0.3 is 5.69 Å². The highest BCUT2D eigenvalue weighted by Crippen LogP contribution is 2.24. The summed E-state index contributed by atoms with van der Waals surface area (Å²) in [6.07, 6.45) is 0.216. The summed E-state index contributed by atoms with van der Waals surface area (Å²) in [6.45, 7) is 0.633. The summed E-state index contributed by atoms with van der Waals surface area (Å²) in [5, 5.41) is 2.86. The van der Waals surface area contributed by atoms with Crippen molar-refractivity contribution in [1.82, 2.24) is 14.5 Å². The molecule has 2 aromatic carbocycles. The van der Waals surface area contributed by atoms with Crippen LogP contribution in [0.3, 0.4) is 0 Å². The predicted molar refractivity (Wildman–Crippen MR) is 115 cm³/mol. The third kappa shape index (κ3) is 4.05. The number of carbonyl (C=O) groups excluding carboxylic acids is 1. The highest BCUT2D eigenvalue weighted by molar-refractivity contribution is 9.10. The quantitative estimate of drug-likeness (QED) is 0.478. The maximum Gasteiger partial charge on any atom is 0.328 e. The molecular formula is C22H20BrN3O3. The molecule has 7 heteroatoms. The highest BCUT2D eigenvalue weighted by atomic mass is 79.9. The fraction of sp³-hybridized carbons (Fsp3) is 0.182. The molecule has 0 unspecified atom stereocenters. The van der Waals surface area contributed by atoms with E-state index in [1.54, 1.807) is 16.2 Å². The summed E-state index contributed by atoms with van der Waals surface area (Å²) in [7, 11) is 1.74. The third-order valence-corrected chi connectivity index (χ3v) is 5.39. The molecule has 0 aliphatic heterocycles. The largest absolute Gasteiger partial charge is 0.459 e. The van der Waals surface area contributed by atoms with E-state index in [9.17, 15) is 9.59 Å². The van der Waals surface area contributed by atoms with Gasteiger partial charge in [0.25, 0.3) is 0 Å². The highest BCUT2D eigenvalue weighted by Gasteiger charge is 2.12. The molecule has 2 aromatic heterocycles. The first-order valence-corrected chi connectivity index (χ1v) is 10.1. The van der Waals surface area contributed by atoms with Gasteiger partial charge in [-0.05, 0) is 36.4 Å². The van der Waals surface area contributed by atoms with Gasteiger partial charge in [0, 0.05) is 30.0 Å². The van der Waals surface area contributed by atoms with Crippen LogP contribution in [0, 0.1) is 0 Å². The van der Waals surface area contributed by atoms with Gasteiger partial charge in [0.05, 0.1) is 17.6 Å². The Morgan fingerprint density at radius 3 is 2.52 bits per heavy atom. The van der Waals surface area contributed by atoms with Gasteiger partial charge in [-0.15, -0.1) is 0 Å². The number of halogens is 1. The van der Waals surface area contributed by atoms with E-state index < -0.39 is 0 Å². The number of nitrogens with zero attached hydrogens (tertiary/aromatic N) is 2. The second-order valence-corrected chi connectivity index (χ2v) is 7.70. The van der Waals surface area contributed by atoms with Crippen molar-refractivity contribution < 1.29 is 9.21 Å². The fourth-order valence-electron chi connectivity index (χ4n) is 3.31. The van der Waals surface area contributed by atoms with Gasteiger partial charge in [-0.25, -0.2) is 4.79 Å². The van der Waals surface area contributed by atoms with Crippen molar-refractivity contribution in [2.45, 2.75) is 19.5 Å². The standard InChI is InChI=1S/C22H20BrN3O3/c1-25-18-4-2-3-5-19(18)26(22(25)28)13-12-21(27)24-14-17-10-11-20(29-17)15-6-8-16(23)9-7-15/h2-11H,12-14H2,1H3,(H,24,27). The first-order valence-electron chi connectivity index (χ1n) is 9.28. The van der Waals surface area contributed by atoms with Crippen LogP contribution in [-0.2, 0) is 24.9 Å². The van der Waals surface area contributed by atoms with E-state index in [4.69, 9.17) is 4.42 Å². The van der Waals surface area contributed by atoms with Crippen LogP contribution in [-0.4, -0.2) is 15.0 Å². The zero-order valence-corrected chi connectivity index (χ0v) is 17.5. The summed E-state index contributed by atoms with van der Waals surface area (Å²) in [4.78, 5) is 24.7. The number of rotatable bonds is 6. The zero-order valence-electron chi connectivity index (χ0n) is 15.9. The number of aryl methyl sites for hydroxylation is 2. The van der Waals surface area contributed by atoms with Crippen LogP contribution in [0.4, 0.5) is 0 Å². The number of hydrogen-bond acceptors (Lipinski definition) is 3. The van der Waals surface area contributed by atoms with Crippen molar-refractivity contribution in [1.29, 1.82) is 0 Å². The van der Waals surface area contributed by atoms with E-state index in [1.165, 1.54) is 0 Å². The predicted octanol–water partition coefficient (Wildman–Crippen LogP) is 4.07. The number of imidazole rings is 1. The lowest BCUT2D eigenvalue weighted by Gasteiger charge is -2.05. The zero-order chi connectivity index (χ0) is 20.4. The minimum absolute atomic E-state index is 0.121. The van der Waals surface area contributed by atoms with Crippen LogP contribution in [0.15, 0.2) is 74.3 Å². The number of carbonyl (C=O) groups is 1. The molecule has 0 saturated heterocycles. The molecule has 4 aromatic rings. The molecule has 29 heavy (non-hydrogen) atoms. The minimum Gasteiger partial charge on any atom is -0.459 e. The summed E-state index contributed by atoms with van der Waals surface area (Å²) < 4.78 is 10.0. The lowest BCUT2D eigenvalue weighted by Crippen LogP contribution is -2.27. The minimum atomic E-state index is -0.133. The number of hydrogen-bond donors (Lipinski definition) is 1. The van der Waals surface area contributed by atoms with Gasteiger partial charge in [-0.2, -0.15) is 0 Å². The van der Waals surface area contributed by atoms with Crippen LogP contribution in [0.25, 0.3) is 22.4 Å². The molecule has 4 rings (SSSR count). The first-order chi connectivity index (χ1) is 14.0. The molecule has 1 N–H and O–H groups in total. The van der Waals surface area contributed by atoms with Gasteiger partial charge < -0.3 is 9.73 Å². The summed E-state index contributed by atoms with van der Waals surface area (Å²) in [6, 6.07) is 19.1. The molecule has 0 bridgehead atoms. The molecule has 0 aliphatic carbocycles. The SMILES string of the molecule is Cn1c(=O)n(CCC(=O)NCc2ccc(-c3ccc(Br)cc3)o2)c2ccccc21. The monoisotopic (exact) mass is 453 g/mol. The molecule has 148 valence electrons. The molecule has 2 heterocycles. The summed E-state index contributed by atoms with van der Waals surface area (Å²) in [5.74, 6) is 1.30. The van der Waals surface area contributed by atoms with E-state index in [2.05, 4.69) is 21.2 Å². The summed E-state index contributed by atoms with van der Waals surface area (Å²) in [5.41, 5.74) is 2.54. The van der Waals surface area contributed by atoms with E-state index in [0.29, 0.717) is 18.8 Å². The Hall–Kier alpha value is -3.06. The second-order valence-electron chi connectivity index (χ2n) is 6.78. The number of fused-ring (bicyclic) bond motifs is 1. The van der Waals surface area contributed by atoms with Crippen LogP contribution in [0.1, 0.15) is 12.2 Å². The van der Waals surface area contributed by atoms with E-state index >= 15 is 0 Å². The van der Waals surface area contributed by atoms with Gasteiger partial charge in [0.15, 0.2) is 0 Å². The molecule has 0 saturated carbocycles. The Morgan fingerprint density at radius 1 is 1.03 bits per heavy atom. The Labute approximate surface area is 175 Å². The molecule has 0 spiro atoms. The molecule has 0 radical (unpaired) electrons. The average molecular weight is 454 g/mol. The first kappa shape index (κ1) is 19.3. The van der Waals surface area contributed by atoms with Crippen molar-refractivity contribution in [3.05, 3.63) is 81.4 Å². The lowest BCUT2D eigenvalue weighted by molar-refractivity contribution is -0.121. The maximum atomic E-state index is 12.4. The van der Waals surface area contributed by atoms with Gasteiger partial charge in [0.2, 0.25) is 5.91 Å². The fourth-order valence-corrected chi connectivity index (χ4v) is 3.57. The van der Waals surface area contributed by atoms with Crippen LogP contribution >= 0.6 is 15.9 Å². The van der Waals surface area contributed by atoms with Crippen molar-refractivity contribution in [2.75, 3.05) is 0 Å². The van der Waals surface area contributed by atoms with E-state index in [0.717, 1.165) is 26.8 Å². The van der Waals surface area contributed by atoms with Crippen molar-refractivity contribution in [3.8, 4) is 11.3 Å². The van der Waals surface area contributed by atoms with Gasteiger partial charge in [-0.1, -0.05) is 40.2 Å². The van der Waals surface area contributed by atoms with Crippen LogP contribution < -0.4 is 11.0 Å². The smallest absolute Gasteiger partial charge is 0.328 e. The second kappa shape index (κ2) is 8.13. The van der Waals surface area contributed by atoms with E-state index in [-0.39, 0.29) is 18.0 Å². The van der Waals surface area contributed by atoms with Gasteiger partial charge in [-0.3, -0.25) is 13.9 Å². The number of para-hydroxylation sites is 2. The molecule has 0 fully saturated rings. The number of benzene rings is 2.